The number of carbonyl (C=O) groups excluding carboxylic acids is 1. The Morgan fingerprint density at radius 2 is 1.75 bits per heavy atom. The van der Waals surface area contributed by atoms with Crippen LogP contribution >= 0.6 is 0 Å². The highest BCUT2D eigenvalue weighted by molar-refractivity contribution is 5.94. The third-order valence-corrected chi connectivity index (χ3v) is 4.26. The minimum Gasteiger partial charge on any atom is -0.354 e. The lowest BCUT2D eigenvalue weighted by Crippen LogP contribution is -2.46. The lowest BCUT2D eigenvalue weighted by Gasteiger charge is -2.34. The summed E-state index contributed by atoms with van der Waals surface area (Å²) < 4.78 is 0. The van der Waals surface area contributed by atoms with Gasteiger partial charge in [0, 0.05) is 37.9 Å². The predicted octanol–water partition coefficient (Wildman–Crippen LogP) is 2.78. The van der Waals surface area contributed by atoms with Crippen LogP contribution in [0, 0.1) is 5.41 Å². The number of aromatic nitrogens is 1. The molecule has 0 bridgehead atoms. The summed E-state index contributed by atoms with van der Waals surface area (Å²) in [6.07, 6.45) is 2.61. The molecule has 0 unspecified atom stereocenters. The van der Waals surface area contributed by atoms with Gasteiger partial charge < -0.3 is 15.1 Å². The second kappa shape index (κ2) is 7.09. The van der Waals surface area contributed by atoms with E-state index in [2.05, 4.69) is 61.8 Å². The van der Waals surface area contributed by atoms with E-state index >= 15 is 0 Å². The molecule has 0 atom stereocenters. The third kappa shape index (κ3) is 5.48. The van der Waals surface area contributed by atoms with E-state index in [1.54, 1.807) is 6.20 Å². The van der Waals surface area contributed by atoms with Crippen LogP contribution in [-0.4, -0.2) is 54.6 Å². The van der Waals surface area contributed by atoms with Crippen LogP contribution in [0.5, 0.6) is 0 Å². The van der Waals surface area contributed by atoms with E-state index in [0.29, 0.717) is 5.56 Å². The van der Waals surface area contributed by atoms with Crippen molar-refractivity contribution in [3.8, 4) is 0 Å². The van der Waals surface area contributed by atoms with Gasteiger partial charge in [0.2, 0.25) is 0 Å². The van der Waals surface area contributed by atoms with Crippen molar-refractivity contribution in [3.63, 3.8) is 0 Å². The number of anilines is 1. The molecule has 134 valence electrons. The molecule has 0 saturated carbocycles. The fraction of sp³-hybridized carbons (Fsp3) is 0.684. The standard InChI is InChI=1S/C19H32N4O/c1-18(2,3)14-19(4,5)21-17(24)15-7-8-16(20-13-15)23-11-9-22(6)10-12-23/h7-8,13H,9-12,14H2,1-6H3,(H,21,24). The SMILES string of the molecule is CN1CCN(c2ccc(C(=O)NC(C)(C)CC(C)(C)C)cn2)CC1. The highest BCUT2D eigenvalue weighted by atomic mass is 16.1. The first-order valence-electron chi connectivity index (χ1n) is 8.78. The molecule has 0 spiro atoms. The van der Waals surface area contributed by atoms with Crippen LogP contribution < -0.4 is 10.2 Å². The van der Waals surface area contributed by atoms with Gasteiger partial charge in [-0.1, -0.05) is 20.8 Å². The molecule has 1 aliphatic heterocycles. The zero-order chi connectivity index (χ0) is 18.0. The zero-order valence-electron chi connectivity index (χ0n) is 16.0. The lowest BCUT2D eigenvalue weighted by atomic mass is 9.81. The maximum absolute atomic E-state index is 12.5. The van der Waals surface area contributed by atoms with Gasteiger partial charge in [-0.15, -0.1) is 0 Å². The van der Waals surface area contributed by atoms with Gasteiger partial charge in [0.25, 0.3) is 5.91 Å². The summed E-state index contributed by atoms with van der Waals surface area (Å²) in [6.45, 7) is 14.8. The first-order valence-corrected chi connectivity index (χ1v) is 8.78. The van der Waals surface area contributed by atoms with Gasteiger partial charge in [-0.05, 0) is 44.9 Å². The Morgan fingerprint density at radius 3 is 2.25 bits per heavy atom. The summed E-state index contributed by atoms with van der Waals surface area (Å²) in [7, 11) is 2.14. The summed E-state index contributed by atoms with van der Waals surface area (Å²) in [5.74, 6) is 0.898. The Bertz CT molecular complexity index is 552. The summed E-state index contributed by atoms with van der Waals surface area (Å²) in [4.78, 5) is 21.6. The highest BCUT2D eigenvalue weighted by Gasteiger charge is 2.27. The number of likely N-dealkylation sites (N-methyl/N-ethyl adjacent to an activating group) is 1. The number of hydrogen-bond donors (Lipinski definition) is 1. The minimum absolute atomic E-state index is 0.0540. The fourth-order valence-electron chi connectivity index (χ4n) is 3.49. The van der Waals surface area contributed by atoms with Gasteiger partial charge in [0.05, 0.1) is 5.56 Å². The van der Waals surface area contributed by atoms with Gasteiger partial charge >= 0.3 is 0 Å². The first-order chi connectivity index (χ1) is 11.1. The molecule has 1 saturated heterocycles. The Morgan fingerprint density at radius 1 is 1.12 bits per heavy atom. The van der Waals surface area contributed by atoms with Gasteiger partial charge in [-0.2, -0.15) is 0 Å². The second-order valence-corrected chi connectivity index (χ2v) is 8.77. The van der Waals surface area contributed by atoms with Crippen molar-refractivity contribution in [2.45, 2.75) is 46.6 Å². The predicted molar refractivity (Wildman–Crippen MR) is 99.6 cm³/mol. The fourth-order valence-corrected chi connectivity index (χ4v) is 3.49. The van der Waals surface area contributed by atoms with Crippen LogP contribution in [0.4, 0.5) is 5.82 Å². The molecular formula is C19H32N4O. The van der Waals surface area contributed by atoms with Gasteiger partial charge in [-0.25, -0.2) is 4.98 Å². The average Bonchev–Trinajstić information content (AvgIpc) is 2.45. The maximum Gasteiger partial charge on any atom is 0.253 e. The summed E-state index contributed by atoms with van der Waals surface area (Å²) >= 11 is 0. The average molecular weight is 332 g/mol. The van der Waals surface area contributed by atoms with Crippen molar-refractivity contribution in [2.75, 3.05) is 38.1 Å². The van der Waals surface area contributed by atoms with E-state index in [1.807, 2.05) is 12.1 Å². The molecule has 1 aliphatic rings. The number of nitrogens with zero attached hydrogens (tertiary/aromatic N) is 3. The topological polar surface area (TPSA) is 48.5 Å². The second-order valence-electron chi connectivity index (χ2n) is 8.77. The van der Waals surface area contributed by atoms with Crippen LogP contribution in [0.15, 0.2) is 18.3 Å². The zero-order valence-corrected chi connectivity index (χ0v) is 16.0. The Kier molecular flexibility index (Phi) is 5.53. The Labute approximate surface area is 146 Å². The maximum atomic E-state index is 12.5. The van der Waals surface area contributed by atoms with Crippen molar-refractivity contribution in [1.29, 1.82) is 0 Å². The molecule has 1 N–H and O–H groups in total. The normalized spacial score (nSPS) is 17.0. The first kappa shape index (κ1) is 18.7. The molecule has 1 aromatic heterocycles. The number of nitrogens with one attached hydrogen (secondary N) is 1. The molecule has 5 nitrogen and oxygen atoms in total. The number of pyridine rings is 1. The molecule has 1 aromatic rings. The van der Waals surface area contributed by atoms with Crippen molar-refractivity contribution >= 4 is 11.7 Å². The number of carbonyl (C=O) groups is 1. The lowest BCUT2D eigenvalue weighted by molar-refractivity contribution is 0.0891. The summed E-state index contributed by atoms with van der Waals surface area (Å²) in [5.41, 5.74) is 0.543. The largest absolute Gasteiger partial charge is 0.354 e. The molecular weight excluding hydrogens is 300 g/mol. The number of hydrogen-bond acceptors (Lipinski definition) is 4. The van der Waals surface area contributed by atoms with Crippen LogP contribution in [0.2, 0.25) is 0 Å². The van der Waals surface area contributed by atoms with Gasteiger partial charge in [0.1, 0.15) is 5.82 Å². The minimum atomic E-state index is -0.245. The van der Waals surface area contributed by atoms with Gasteiger partial charge in [-0.3, -0.25) is 4.79 Å². The van der Waals surface area contributed by atoms with Crippen LogP contribution in [0.1, 0.15) is 51.4 Å². The number of piperazine rings is 1. The van der Waals surface area contributed by atoms with E-state index in [1.165, 1.54) is 0 Å². The van der Waals surface area contributed by atoms with Gasteiger partial charge in [0.15, 0.2) is 0 Å². The number of rotatable bonds is 4. The van der Waals surface area contributed by atoms with E-state index in [9.17, 15) is 4.79 Å². The molecule has 2 rings (SSSR count). The van der Waals surface area contributed by atoms with Crippen molar-refractivity contribution in [3.05, 3.63) is 23.9 Å². The summed E-state index contributed by atoms with van der Waals surface area (Å²) in [5, 5.41) is 3.13. The molecule has 0 radical (unpaired) electrons. The van der Waals surface area contributed by atoms with E-state index in [-0.39, 0.29) is 16.9 Å². The smallest absolute Gasteiger partial charge is 0.253 e. The van der Waals surface area contributed by atoms with E-state index < -0.39 is 0 Å². The van der Waals surface area contributed by atoms with Crippen molar-refractivity contribution in [1.82, 2.24) is 15.2 Å². The molecule has 1 fully saturated rings. The Balaban J connectivity index is 1.98. The molecule has 5 heteroatoms. The molecule has 2 heterocycles. The van der Waals surface area contributed by atoms with Crippen LogP contribution in [-0.2, 0) is 0 Å². The van der Waals surface area contributed by atoms with Crippen LogP contribution in [0.3, 0.4) is 0 Å². The monoisotopic (exact) mass is 332 g/mol. The third-order valence-electron chi connectivity index (χ3n) is 4.26. The summed E-state index contributed by atoms with van der Waals surface area (Å²) in [6, 6.07) is 3.83. The highest BCUT2D eigenvalue weighted by Crippen LogP contribution is 2.27. The van der Waals surface area contributed by atoms with Crippen LogP contribution in [0.25, 0.3) is 0 Å². The van der Waals surface area contributed by atoms with E-state index in [0.717, 1.165) is 38.4 Å². The molecule has 1 amide bonds. The quantitative estimate of drug-likeness (QED) is 0.921. The molecule has 0 aliphatic carbocycles. The van der Waals surface area contributed by atoms with E-state index in [4.69, 9.17) is 0 Å². The number of amides is 1. The Hall–Kier alpha value is -1.62. The van der Waals surface area contributed by atoms with Crippen molar-refractivity contribution < 1.29 is 4.79 Å². The van der Waals surface area contributed by atoms with Crippen molar-refractivity contribution in [2.24, 2.45) is 5.41 Å². The molecule has 24 heavy (non-hydrogen) atoms. The molecule has 0 aromatic carbocycles.